The number of hydrogen-bond donors (Lipinski definition) is 1. The third kappa shape index (κ3) is 4.00. The van der Waals surface area contributed by atoms with Gasteiger partial charge in [0.05, 0.1) is 0 Å². The number of amides is 1. The number of carboxylic acids is 1. The molecular weight excluding hydrogens is 222 g/mol. The third-order valence-electron chi connectivity index (χ3n) is 3.04. The van der Waals surface area contributed by atoms with E-state index < -0.39 is 18.2 Å². The van der Waals surface area contributed by atoms with Crippen LogP contribution in [0.15, 0.2) is 0 Å². The molecule has 0 aliphatic carbocycles. The van der Waals surface area contributed by atoms with Gasteiger partial charge in [0.1, 0.15) is 6.10 Å². The Morgan fingerprint density at radius 2 is 1.94 bits per heavy atom. The summed E-state index contributed by atoms with van der Waals surface area (Å²) in [6.45, 7) is 2.82. The van der Waals surface area contributed by atoms with Crippen molar-refractivity contribution in [2.75, 3.05) is 13.6 Å². The molecule has 1 aliphatic rings. The van der Waals surface area contributed by atoms with E-state index in [1.54, 1.807) is 11.9 Å². The van der Waals surface area contributed by atoms with E-state index in [2.05, 4.69) is 6.92 Å². The van der Waals surface area contributed by atoms with Gasteiger partial charge in [-0.2, -0.15) is 0 Å². The first-order valence-electron chi connectivity index (χ1n) is 6.19. The SMILES string of the molecule is CCCCCN(C)C(=O)[C@@H]1CC[C@H](C(=O)O)O1. The highest BCUT2D eigenvalue weighted by Crippen LogP contribution is 2.21. The summed E-state index contributed by atoms with van der Waals surface area (Å²) in [6, 6.07) is 0. The van der Waals surface area contributed by atoms with Gasteiger partial charge in [-0.3, -0.25) is 4.79 Å². The maximum absolute atomic E-state index is 11.9. The fourth-order valence-electron chi connectivity index (χ4n) is 1.96. The minimum atomic E-state index is -0.978. The van der Waals surface area contributed by atoms with Crippen LogP contribution in [0.2, 0.25) is 0 Å². The fourth-order valence-corrected chi connectivity index (χ4v) is 1.96. The smallest absolute Gasteiger partial charge is 0.332 e. The molecule has 0 unspecified atom stereocenters. The number of carbonyl (C=O) groups is 2. The largest absolute Gasteiger partial charge is 0.479 e. The number of nitrogens with zero attached hydrogens (tertiary/aromatic N) is 1. The number of carbonyl (C=O) groups excluding carboxylic acids is 1. The van der Waals surface area contributed by atoms with Crippen molar-refractivity contribution < 1.29 is 19.4 Å². The van der Waals surface area contributed by atoms with Crippen molar-refractivity contribution in [1.29, 1.82) is 0 Å². The van der Waals surface area contributed by atoms with E-state index in [1.807, 2.05) is 0 Å². The Balaban J connectivity index is 2.35. The molecule has 0 aromatic rings. The number of aliphatic carboxylic acids is 1. The molecule has 5 nitrogen and oxygen atoms in total. The Hall–Kier alpha value is -1.10. The molecule has 2 atom stereocenters. The van der Waals surface area contributed by atoms with Gasteiger partial charge >= 0.3 is 5.97 Å². The van der Waals surface area contributed by atoms with Gasteiger partial charge in [0.25, 0.3) is 5.91 Å². The third-order valence-corrected chi connectivity index (χ3v) is 3.04. The monoisotopic (exact) mass is 243 g/mol. The van der Waals surface area contributed by atoms with E-state index in [9.17, 15) is 9.59 Å². The second-order valence-electron chi connectivity index (χ2n) is 4.50. The molecule has 0 spiro atoms. The van der Waals surface area contributed by atoms with E-state index in [-0.39, 0.29) is 5.91 Å². The summed E-state index contributed by atoms with van der Waals surface area (Å²) < 4.78 is 5.22. The lowest BCUT2D eigenvalue weighted by Gasteiger charge is -2.20. The van der Waals surface area contributed by atoms with Crippen molar-refractivity contribution in [3.05, 3.63) is 0 Å². The standard InChI is InChI=1S/C12H21NO4/c1-3-4-5-8-13(2)11(14)9-6-7-10(17-9)12(15)16/h9-10H,3-8H2,1-2H3,(H,15,16)/t9-,10+/m0/s1. The van der Waals surface area contributed by atoms with Crippen LogP contribution in [0.25, 0.3) is 0 Å². The average Bonchev–Trinajstić information content (AvgIpc) is 2.77. The van der Waals surface area contributed by atoms with Gasteiger partial charge in [-0.05, 0) is 19.3 Å². The highest BCUT2D eigenvalue weighted by molar-refractivity contribution is 5.82. The topological polar surface area (TPSA) is 66.8 Å². The number of carboxylic acid groups (broad SMARTS) is 1. The summed E-state index contributed by atoms with van der Waals surface area (Å²) >= 11 is 0. The molecule has 17 heavy (non-hydrogen) atoms. The second kappa shape index (κ2) is 6.59. The van der Waals surface area contributed by atoms with Crippen molar-refractivity contribution in [3.63, 3.8) is 0 Å². The van der Waals surface area contributed by atoms with E-state index in [0.717, 1.165) is 19.3 Å². The van der Waals surface area contributed by atoms with Gasteiger partial charge in [0.15, 0.2) is 6.10 Å². The molecule has 1 rings (SSSR count). The van der Waals surface area contributed by atoms with Crippen LogP contribution in [0.1, 0.15) is 39.0 Å². The first-order chi connectivity index (χ1) is 8.06. The van der Waals surface area contributed by atoms with Gasteiger partial charge in [0, 0.05) is 13.6 Å². The number of unbranched alkanes of at least 4 members (excludes halogenated alkanes) is 2. The zero-order valence-electron chi connectivity index (χ0n) is 10.5. The lowest BCUT2D eigenvalue weighted by atomic mass is 10.1. The van der Waals surface area contributed by atoms with Gasteiger partial charge in [-0.15, -0.1) is 0 Å². The molecule has 0 radical (unpaired) electrons. The predicted molar refractivity (Wildman–Crippen MR) is 62.7 cm³/mol. The minimum absolute atomic E-state index is 0.0927. The Morgan fingerprint density at radius 1 is 1.29 bits per heavy atom. The highest BCUT2D eigenvalue weighted by Gasteiger charge is 2.35. The molecule has 0 saturated carbocycles. The van der Waals surface area contributed by atoms with Crippen LogP contribution in [0, 0.1) is 0 Å². The van der Waals surface area contributed by atoms with Crippen molar-refractivity contribution in [3.8, 4) is 0 Å². The summed E-state index contributed by atoms with van der Waals surface area (Å²) in [5.74, 6) is -1.07. The first kappa shape index (κ1) is 14.0. The molecular formula is C12H21NO4. The molecule has 98 valence electrons. The fraction of sp³-hybridized carbons (Fsp3) is 0.833. The zero-order chi connectivity index (χ0) is 12.8. The second-order valence-corrected chi connectivity index (χ2v) is 4.50. The van der Waals surface area contributed by atoms with Gasteiger partial charge in [-0.1, -0.05) is 19.8 Å². The summed E-state index contributed by atoms with van der Waals surface area (Å²) in [6.07, 6.45) is 2.75. The van der Waals surface area contributed by atoms with Gasteiger partial charge in [0.2, 0.25) is 0 Å². The Kier molecular flexibility index (Phi) is 5.41. The number of ether oxygens (including phenoxy) is 1. The summed E-state index contributed by atoms with van der Waals surface area (Å²) in [4.78, 5) is 24.3. The number of hydrogen-bond acceptors (Lipinski definition) is 3. The van der Waals surface area contributed by atoms with Crippen LogP contribution in [-0.2, 0) is 14.3 Å². The van der Waals surface area contributed by atoms with Crippen molar-refractivity contribution in [2.24, 2.45) is 0 Å². The van der Waals surface area contributed by atoms with Crippen LogP contribution < -0.4 is 0 Å². The zero-order valence-corrected chi connectivity index (χ0v) is 10.5. The Morgan fingerprint density at radius 3 is 2.47 bits per heavy atom. The molecule has 0 bridgehead atoms. The molecule has 5 heteroatoms. The number of likely N-dealkylation sites (N-methyl/N-ethyl adjacent to an activating group) is 1. The summed E-state index contributed by atoms with van der Waals surface area (Å²) in [7, 11) is 1.75. The van der Waals surface area contributed by atoms with Crippen LogP contribution in [-0.4, -0.2) is 47.7 Å². The summed E-state index contributed by atoms with van der Waals surface area (Å²) in [5, 5.41) is 8.77. The van der Waals surface area contributed by atoms with E-state index in [0.29, 0.717) is 19.4 Å². The van der Waals surface area contributed by atoms with Crippen LogP contribution in [0.5, 0.6) is 0 Å². The molecule has 0 aromatic carbocycles. The van der Waals surface area contributed by atoms with Crippen molar-refractivity contribution in [2.45, 2.75) is 51.2 Å². The normalized spacial score (nSPS) is 23.6. The molecule has 1 heterocycles. The van der Waals surface area contributed by atoms with Crippen molar-refractivity contribution >= 4 is 11.9 Å². The predicted octanol–water partition coefficient (Wildman–Crippen LogP) is 1.27. The first-order valence-corrected chi connectivity index (χ1v) is 6.19. The van der Waals surface area contributed by atoms with E-state index >= 15 is 0 Å². The molecule has 1 saturated heterocycles. The average molecular weight is 243 g/mol. The van der Waals surface area contributed by atoms with Crippen molar-refractivity contribution in [1.82, 2.24) is 4.90 Å². The maximum atomic E-state index is 11.9. The molecule has 1 amide bonds. The van der Waals surface area contributed by atoms with E-state index in [1.165, 1.54) is 0 Å². The lowest BCUT2D eigenvalue weighted by molar-refractivity contribution is -0.154. The minimum Gasteiger partial charge on any atom is -0.479 e. The van der Waals surface area contributed by atoms with Crippen LogP contribution >= 0.6 is 0 Å². The van der Waals surface area contributed by atoms with Gasteiger partial charge < -0.3 is 14.7 Å². The van der Waals surface area contributed by atoms with Crippen LogP contribution in [0.4, 0.5) is 0 Å². The lowest BCUT2D eigenvalue weighted by Crippen LogP contribution is -2.37. The quantitative estimate of drug-likeness (QED) is 0.713. The Labute approximate surface area is 102 Å². The van der Waals surface area contributed by atoms with Crippen LogP contribution in [0.3, 0.4) is 0 Å². The maximum Gasteiger partial charge on any atom is 0.332 e. The van der Waals surface area contributed by atoms with E-state index in [4.69, 9.17) is 9.84 Å². The molecule has 1 N–H and O–H groups in total. The molecule has 1 aliphatic heterocycles. The molecule has 1 fully saturated rings. The summed E-state index contributed by atoms with van der Waals surface area (Å²) in [5.41, 5.74) is 0. The highest BCUT2D eigenvalue weighted by atomic mass is 16.5. The van der Waals surface area contributed by atoms with Gasteiger partial charge in [-0.25, -0.2) is 4.79 Å². The number of rotatable bonds is 6. The molecule has 0 aromatic heterocycles. The Bertz CT molecular complexity index is 280.